The number of carbonyl (C=O) groups excluding carboxylic acids is 2. The van der Waals surface area contributed by atoms with Crippen molar-refractivity contribution in [3.8, 4) is 11.5 Å². The third kappa shape index (κ3) is 5.71. The van der Waals surface area contributed by atoms with Gasteiger partial charge in [0, 0.05) is 25.6 Å². The van der Waals surface area contributed by atoms with Gasteiger partial charge in [-0.05, 0) is 36.1 Å². The number of hydrogen-bond acceptors (Lipinski definition) is 8. The molecule has 0 radical (unpaired) electrons. The largest absolute Gasteiger partial charge is 0.493 e. The first-order valence-electron chi connectivity index (χ1n) is 11.9. The minimum atomic E-state index is -0.706. The second-order valence-corrected chi connectivity index (χ2v) is 8.60. The van der Waals surface area contributed by atoms with Gasteiger partial charge in [-0.2, -0.15) is 0 Å². The monoisotopic (exact) mass is 493 g/mol. The molecule has 1 unspecified atom stereocenters. The van der Waals surface area contributed by atoms with Gasteiger partial charge < -0.3 is 28.6 Å². The summed E-state index contributed by atoms with van der Waals surface area (Å²) in [5, 5.41) is 0. The van der Waals surface area contributed by atoms with Crippen LogP contribution < -0.4 is 9.47 Å². The van der Waals surface area contributed by atoms with Crippen molar-refractivity contribution in [1.29, 1.82) is 0 Å². The van der Waals surface area contributed by atoms with E-state index in [0.29, 0.717) is 48.0 Å². The smallest absolute Gasteiger partial charge is 0.336 e. The Labute approximate surface area is 211 Å². The van der Waals surface area contributed by atoms with E-state index in [1.807, 2.05) is 36.4 Å². The second kappa shape index (κ2) is 11.8. The SMILES string of the molecule is COC(=O)C1=CN(CC2CCCO2)C=C(C(=O)OC)C1c1ccc(OCc2ccccc2)c(OC)c1. The highest BCUT2D eigenvalue weighted by molar-refractivity contribution is 5.98. The zero-order valence-corrected chi connectivity index (χ0v) is 20.8. The Bertz CT molecular complexity index is 1100. The number of hydrogen-bond donors (Lipinski definition) is 0. The maximum absolute atomic E-state index is 12.9. The van der Waals surface area contributed by atoms with E-state index < -0.39 is 17.9 Å². The summed E-state index contributed by atoms with van der Waals surface area (Å²) in [6.07, 6.45) is 5.37. The van der Waals surface area contributed by atoms with Gasteiger partial charge in [0.05, 0.1) is 44.5 Å². The molecule has 8 nitrogen and oxygen atoms in total. The van der Waals surface area contributed by atoms with E-state index in [0.717, 1.165) is 18.4 Å². The minimum Gasteiger partial charge on any atom is -0.493 e. The molecule has 8 heteroatoms. The van der Waals surface area contributed by atoms with Crippen LogP contribution in [0.25, 0.3) is 0 Å². The molecule has 0 bridgehead atoms. The van der Waals surface area contributed by atoms with Gasteiger partial charge in [-0.25, -0.2) is 9.59 Å². The third-order valence-electron chi connectivity index (χ3n) is 6.27. The van der Waals surface area contributed by atoms with E-state index in [-0.39, 0.29) is 6.10 Å². The topological polar surface area (TPSA) is 83.5 Å². The van der Waals surface area contributed by atoms with Gasteiger partial charge >= 0.3 is 11.9 Å². The predicted octanol–water partition coefficient (Wildman–Crippen LogP) is 3.97. The van der Waals surface area contributed by atoms with E-state index in [1.54, 1.807) is 36.5 Å². The molecule has 0 N–H and O–H groups in total. The third-order valence-corrected chi connectivity index (χ3v) is 6.27. The number of ether oxygens (including phenoxy) is 5. The van der Waals surface area contributed by atoms with E-state index in [2.05, 4.69) is 0 Å². The van der Waals surface area contributed by atoms with Crippen LogP contribution in [0.5, 0.6) is 11.5 Å². The molecule has 2 aromatic rings. The summed E-state index contributed by atoms with van der Waals surface area (Å²) in [5.41, 5.74) is 2.33. The van der Waals surface area contributed by atoms with Crippen molar-refractivity contribution >= 4 is 11.9 Å². The first kappa shape index (κ1) is 25.3. The normalized spacial score (nSPS) is 17.8. The molecule has 2 aliphatic heterocycles. The zero-order chi connectivity index (χ0) is 25.5. The van der Waals surface area contributed by atoms with Crippen LogP contribution in [0.3, 0.4) is 0 Å². The van der Waals surface area contributed by atoms with Gasteiger partial charge in [0.2, 0.25) is 0 Å². The van der Waals surface area contributed by atoms with Crippen molar-refractivity contribution in [2.75, 3.05) is 34.5 Å². The number of benzene rings is 2. The maximum atomic E-state index is 12.9. The zero-order valence-electron chi connectivity index (χ0n) is 20.8. The average molecular weight is 494 g/mol. The summed E-state index contributed by atoms with van der Waals surface area (Å²) in [7, 11) is 4.19. The molecule has 1 fully saturated rings. The summed E-state index contributed by atoms with van der Waals surface area (Å²) in [6.45, 7) is 1.60. The van der Waals surface area contributed by atoms with E-state index >= 15 is 0 Å². The quantitative estimate of drug-likeness (QED) is 0.486. The number of rotatable bonds is 9. The predicted molar refractivity (Wildman–Crippen MR) is 132 cm³/mol. The van der Waals surface area contributed by atoms with Gasteiger partial charge in [-0.3, -0.25) is 0 Å². The molecule has 2 aromatic carbocycles. The van der Waals surface area contributed by atoms with Crippen molar-refractivity contribution < 1.29 is 33.3 Å². The molecule has 4 rings (SSSR count). The van der Waals surface area contributed by atoms with Crippen LogP contribution in [0.15, 0.2) is 72.1 Å². The van der Waals surface area contributed by atoms with Crippen molar-refractivity contribution in [3.05, 3.63) is 83.2 Å². The van der Waals surface area contributed by atoms with Crippen LogP contribution in [-0.2, 0) is 30.4 Å². The highest BCUT2D eigenvalue weighted by Crippen LogP contribution is 2.40. The highest BCUT2D eigenvalue weighted by atomic mass is 16.5. The Morgan fingerprint density at radius 2 is 1.64 bits per heavy atom. The highest BCUT2D eigenvalue weighted by Gasteiger charge is 2.36. The molecule has 36 heavy (non-hydrogen) atoms. The Morgan fingerprint density at radius 1 is 0.944 bits per heavy atom. The fraction of sp³-hybridized carbons (Fsp3) is 0.357. The lowest BCUT2D eigenvalue weighted by Crippen LogP contribution is -2.32. The standard InChI is InChI=1S/C28H31NO7/c1-32-25-14-20(11-12-24(25)36-18-19-8-5-4-6-9-19)26-22(27(30)33-2)16-29(15-21-10-7-13-35-21)17-23(26)28(31)34-3/h4-6,8-9,11-12,14,16-17,21,26H,7,10,13,15,18H2,1-3H3. The second-order valence-electron chi connectivity index (χ2n) is 8.60. The van der Waals surface area contributed by atoms with E-state index in [1.165, 1.54) is 14.2 Å². The van der Waals surface area contributed by atoms with Crippen LogP contribution in [0.2, 0.25) is 0 Å². The number of esters is 2. The van der Waals surface area contributed by atoms with E-state index in [9.17, 15) is 9.59 Å². The number of methoxy groups -OCH3 is 3. The molecule has 0 spiro atoms. The van der Waals surface area contributed by atoms with Gasteiger partial charge in [0.25, 0.3) is 0 Å². The molecular formula is C28H31NO7. The van der Waals surface area contributed by atoms with Gasteiger partial charge in [-0.15, -0.1) is 0 Å². The molecule has 2 heterocycles. The summed E-state index contributed by atoms with van der Waals surface area (Å²) in [5.74, 6) is -0.736. The van der Waals surface area contributed by atoms with Crippen molar-refractivity contribution in [2.45, 2.75) is 31.5 Å². The van der Waals surface area contributed by atoms with Crippen LogP contribution in [0.1, 0.15) is 29.9 Å². The molecular weight excluding hydrogens is 462 g/mol. The first-order chi connectivity index (χ1) is 17.5. The summed E-state index contributed by atoms with van der Waals surface area (Å²) >= 11 is 0. The molecule has 1 atom stereocenters. The fourth-order valence-corrected chi connectivity index (χ4v) is 4.49. The van der Waals surface area contributed by atoms with Crippen LogP contribution >= 0.6 is 0 Å². The fourth-order valence-electron chi connectivity index (χ4n) is 4.49. The number of carbonyl (C=O) groups is 2. The first-order valence-corrected chi connectivity index (χ1v) is 11.9. The van der Waals surface area contributed by atoms with Gasteiger partial charge in [-0.1, -0.05) is 36.4 Å². The van der Waals surface area contributed by atoms with Crippen LogP contribution in [0, 0.1) is 0 Å². The Hall–Kier alpha value is -3.78. The summed E-state index contributed by atoms with van der Waals surface area (Å²) in [4.78, 5) is 27.6. The van der Waals surface area contributed by atoms with Crippen molar-refractivity contribution in [3.63, 3.8) is 0 Å². The van der Waals surface area contributed by atoms with Crippen molar-refractivity contribution in [1.82, 2.24) is 4.90 Å². The van der Waals surface area contributed by atoms with Crippen molar-refractivity contribution in [2.24, 2.45) is 0 Å². The molecule has 0 aliphatic carbocycles. The molecule has 1 saturated heterocycles. The van der Waals surface area contributed by atoms with Gasteiger partial charge in [0.15, 0.2) is 11.5 Å². The Morgan fingerprint density at radius 3 is 2.22 bits per heavy atom. The number of nitrogens with zero attached hydrogens (tertiary/aromatic N) is 1. The molecule has 0 saturated carbocycles. The maximum Gasteiger partial charge on any atom is 0.336 e. The van der Waals surface area contributed by atoms with E-state index in [4.69, 9.17) is 23.7 Å². The Balaban J connectivity index is 1.67. The minimum absolute atomic E-state index is 0.0213. The summed E-state index contributed by atoms with van der Waals surface area (Å²) in [6, 6.07) is 15.2. The van der Waals surface area contributed by atoms with Crippen LogP contribution in [0.4, 0.5) is 0 Å². The molecule has 190 valence electrons. The summed E-state index contributed by atoms with van der Waals surface area (Å²) < 4.78 is 27.5. The van der Waals surface area contributed by atoms with Crippen LogP contribution in [-0.4, -0.2) is 57.4 Å². The lowest BCUT2D eigenvalue weighted by molar-refractivity contribution is -0.137. The molecule has 2 aliphatic rings. The lowest BCUT2D eigenvalue weighted by Gasteiger charge is -2.31. The molecule has 0 aromatic heterocycles. The van der Waals surface area contributed by atoms with Gasteiger partial charge in [0.1, 0.15) is 6.61 Å². The Kier molecular flexibility index (Phi) is 8.28. The average Bonchev–Trinajstić information content (AvgIpc) is 3.44. The lowest BCUT2D eigenvalue weighted by atomic mass is 9.83. The molecule has 0 amide bonds.